The molecule has 50 heavy (non-hydrogen) atoms. The minimum absolute atomic E-state index is 0.0369. The summed E-state index contributed by atoms with van der Waals surface area (Å²) in [6, 6.07) is 7.17. The molecule has 1 aliphatic rings. The van der Waals surface area contributed by atoms with Crippen LogP contribution in [0.15, 0.2) is 47.5 Å². The minimum atomic E-state index is -5.02. The molecule has 2 atom stereocenters. The van der Waals surface area contributed by atoms with Crippen LogP contribution in [0.3, 0.4) is 0 Å². The number of aliphatic hydroxyl groups excluding tert-OH is 1. The van der Waals surface area contributed by atoms with Crippen molar-refractivity contribution in [1.29, 1.82) is 0 Å². The zero-order chi connectivity index (χ0) is 36.4. The van der Waals surface area contributed by atoms with Gasteiger partial charge in [0.2, 0.25) is 5.82 Å². The second-order valence-corrected chi connectivity index (χ2v) is 13.0. The standard InChI is InChI=1S/C31H36ClF3N10O5/c1-30(2,36)17-38-27(47)26-39-24(40-45(26)22-13-37-11-10-21(22)28(48)42-12-4-5-20(42)16-50-3)15-44-29(49)43(14-23(46)31(33,34)35)25(41-44)18-6-8-19(32)9-7-18/h6-11,13,20,23,46H,4-5,12,14-17,36H2,1-3H3,(H,38,47). The molecule has 19 heteroatoms. The van der Waals surface area contributed by atoms with Crippen molar-refractivity contribution in [1.82, 2.24) is 44.3 Å². The summed E-state index contributed by atoms with van der Waals surface area (Å²) in [5.41, 5.74) is 4.78. The number of methoxy groups -OCH3 is 1. The van der Waals surface area contributed by atoms with Gasteiger partial charge in [-0.1, -0.05) is 11.6 Å². The maximum absolute atomic E-state index is 13.9. The van der Waals surface area contributed by atoms with E-state index in [9.17, 15) is 32.7 Å². The van der Waals surface area contributed by atoms with E-state index in [1.54, 1.807) is 25.9 Å². The van der Waals surface area contributed by atoms with Crippen LogP contribution in [0.25, 0.3) is 17.1 Å². The van der Waals surface area contributed by atoms with E-state index in [2.05, 4.69) is 25.5 Å². The van der Waals surface area contributed by atoms with Gasteiger partial charge in [-0.2, -0.15) is 13.2 Å². The van der Waals surface area contributed by atoms with E-state index >= 15 is 0 Å². The molecular weight excluding hydrogens is 685 g/mol. The number of carbonyl (C=O) groups is 2. The number of aliphatic hydroxyl groups is 1. The lowest BCUT2D eigenvalue weighted by molar-refractivity contribution is -0.207. The van der Waals surface area contributed by atoms with Crippen molar-refractivity contribution in [2.24, 2.45) is 5.73 Å². The summed E-state index contributed by atoms with van der Waals surface area (Å²) < 4.78 is 48.0. The Kier molecular flexibility index (Phi) is 10.8. The molecule has 1 aromatic carbocycles. The third kappa shape index (κ3) is 8.20. The summed E-state index contributed by atoms with van der Waals surface area (Å²) in [5, 5.41) is 21.6. The molecule has 0 aliphatic carbocycles. The van der Waals surface area contributed by atoms with Crippen molar-refractivity contribution in [3.05, 3.63) is 75.4 Å². The van der Waals surface area contributed by atoms with Crippen LogP contribution in [-0.4, -0.2) is 107 Å². The topological polar surface area (TPSA) is 188 Å². The number of halogens is 4. The fourth-order valence-corrected chi connectivity index (χ4v) is 5.54. The van der Waals surface area contributed by atoms with Crippen LogP contribution >= 0.6 is 11.6 Å². The molecule has 2 unspecified atom stereocenters. The average Bonchev–Trinajstić information content (AvgIpc) is 3.78. The zero-order valence-electron chi connectivity index (χ0n) is 27.4. The number of pyridine rings is 1. The molecule has 1 saturated heterocycles. The highest BCUT2D eigenvalue weighted by atomic mass is 35.5. The van der Waals surface area contributed by atoms with Crippen molar-refractivity contribution >= 4 is 23.4 Å². The summed E-state index contributed by atoms with van der Waals surface area (Å²) in [6.45, 7) is 2.61. The van der Waals surface area contributed by atoms with Crippen LogP contribution in [0.1, 0.15) is 53.5 Å². The predicted octanol–water partition coefficient (Wildman–Crippen LogP) is 2.03. The van der Waals surface area contributed by atoms with Crippen LogP contribution in [0.2, 0.25) is 5.02 Å². The molecule has 4 aromatic rings. The average molecular weight is 721 g/mol. The maximum Gasteiger partial charge on any atom is 0.416 e. The van der Waals surface area contributed by atoms with Crippen LogP contribution < -0.4 is 16.7 Å². The first-order valence-electron chi connectivity index (χ1n) is 15.5. The molecule has 1 aliphatic heterocycles. The number of carbonyl (C=O) groups excluding carboxylic acids is 2. The highest BCUT2D eigenvalue weighted by Gasteiger charge is 2.39. The Bertz CT molecular complexity index is 1900. The number of nitrogens with one attached hydrogen (secondary N) is 1. The molecule has 3 aromatic heterocycles. The first-order valence-corrected chi connectivity index (χ1v) is 15.9. The van der Waals surface area contributed by atoms with E-state index in [0.29, 0.717) is 22.7 Å². The Morgan fingerprint density at radius 3 is 2.56 bits per heavy atom. The number of hydrogen-bond donors (Lipinski definition) is 3. The molecule has 4 heterocycles. The quantitative estimate of drug-likeness (QED) is 0.195. The number of rotatable bonds is 12. The van der Waals surface area contributed by atoms with E-state index in [1.165, 1.54) is 42.7 Å². The van der Waals surface area contributed by atoms with E-state index in [4.69, 9.17) is 22.1 Å². The Morgan fingerprint density at radius 1 is 1.18 bits per heavy atom. The van der Waals surface area contributed by atoms with Gasteiger partial charge < -0.3 is 25.8 Å². The van der Waals surface area contributed by atoms with Crippen molar-refractivity contribution in [3.63, 3.8) is 0 Å². The Balaban J connectivity index is 1.58. The van der Waals surface area contributed by atoms with Crippen molar-refractivity contribution in [2.45, 2.75) is 63.6 Å². The van der Waals surface area contributed by atoms with Gasteiger partial charge in [0.05, 0.1) is 36.6 Å². The third-order valence-corrected chi connectivity index (χ3v) is 8.12. The summed E-state index contributed by atoms with van der Waals surface area (Å²) in [5.74, 6) is -1.67. The number of hydrogen-bond acceptors (Lipinski definition) is 10. The molecule has 4 N–H and O–H groups in total. The van der Waals surface area contributed by atoms with Gasteiger partial charge in [0, 0.05) is 42.5 Å². The van der Waals surface area contributed by atoms with Gasteiger partial charge >= 0.3 is 11.9 Å². The number of likely N-dealkylation sites (tertiary alicyclic amines) is 1. The molecule has 268 valence electrons. The first-order chi connectivity index (χ1) is 23.6. The monoisotopic (exact) mass is 720 g/mol. The number of amides is 2. The van der Waals surface area contributed by atoms with E-state index in [1.807, 2.05) is 0 Å². The van der Waals surface area contributed by atoms with E-state index in [0.717, 1.165) is 22.2 Å². The second-order valence-electron chi connectivity index (χ2n) is 12.5. The van der Waals surface area contributed by atoms with Gasteiger partial charge in [0.1, 0.15) is 6.54 Å². The van der Waals surface area contributed by atoms with Gasteiger partial charge in [-0.05, 0) is 57.0 Å². The Labute approximate surface area is 288 Å². The van der Waals surface area contributed by atoms with E-state index < -0.39 is 42.5 Å². The molecule has 2 amide bonds. The van der Waals surface area contributed by atoms with Crippen molar-refractivity contribution in [2.75, 3.05) is 26.8 Å². The molecule has 0 spiro atoms. The number of nitrogens with two attached hydrogens (primary N) is 1. The van der Waals surface area contributed by atoms with Gasteiger partial charge in [-0.3, -0.25) is 19.1 Å². The lowest BCUT2D eigenvalue weighted by Crippen LogP contribution is -2.45. The SMILES string of the molecule is COCC1CCCN1C(=O)c1ccncc1-n1nc(Cn2nc(-c3ccc(Cl)cc3)n(CC(O)C(F)(F)F)c2=O)nc1C(=O)NCC(C)(C)N. The molecule has 0 radical (unpaired) electrons. The first kappa shape index (κ1) is 36.6. The summed E-state index contributed by atoms with van der Waals surface area (Å²) in [6.07, 6.45) is -3.60. The van der Waals surface area contributed by atoms with Gasteiger partial charge in [0.25, 0.3) is 11.8 Å². The maximum atomic E-state index is 13.9. The minimum Gasteiger partial charge on any atom is -0.383 e. The fourth-order valence-electron chi connectivity index (χ4n) is 5.41. The number of benzene rings is 1. The summed E-state index contributed by atoms with van der Waals surface area (Å²) in [4.78, 5) is 51.1. The summed E-state index contributed by atoms with van der Waals surface area (Å²) >= 11 is 5.98. The van der Waals surface area contributed by atoms with Gasteiger partial charge in [-0.25, -0.2) is 19.1 Å². The fraction of sp³-hybridized carbons (Fsp3) is 0.452. The zero-order valence-corrected chi connectivity index (χ0v) is 28.1. The number of ether oxygens (including phenoxy) is 1. The van der Waals surface area contributed by atoms with Gasteiger partial charge in [0.15, 0.2) is 17.8 Å². The smallest absolute Gasteiger partial charge is 0.383 e. The lowest BCUT2D eigenvalue weighted by atomic mass is 10.1. The molecule has 15 nitrogen and oxygen atoms in total. The number of nitrogens with zero attached hydrogens (tertiary/aromatic N) is 8. The predicted molar refractivity (Wildman–Crippen MR) is 174 cm³/mol. The number of aromatic nitrogens is 7. The van der Waals surface area contributed by atoms with Crippen LogP contribution in [0.4, 0.5) is 13.2 Å². The van der Waals surface area contributed by atoms with Crippen LogP contribution in [0.5, 0.6) is 0 Å². The second kappa shape index (κ2) is 14.7. The molecular formula is C31H36ClF3N10O5. The van der Waals surface area contributed by atoms with E-state index in [-0.39, 0.29) is 52.8 Å². The van der Waals surface area contributed by atoms with Crippen molar-refractivity contribution < 1.29 is 32.6 Å². The largest absolute Gasteiger partial charge is 0.416 e. The molecule has 0 bridgehead atoms. The van der Waals surface area contributed by atoms with Crippen LogP contribution in [-0.2, 0) is 17.8 Å². The lowest BCUT2D eigenvalue weighted by Gasteiger charge is -2.25. The Hall–Kier alpha value is -4.65. The summed E-state index contributed by atoms with van der Waals surface area (Å²) in [7, 11) is 1.55. The van der Waals surface area contributed by atoms with Crippen molar-refractivity contribution in [3.8, 4) is 17.1 Å². The highest BCUT2D eigenvalue weighted by Crippen LogP contribution is 2.26. The van der Waals surface area contributed by atoms with Crippen LogP contribution in [0, 0.1) is 0 Å². The number of alkyl halides is 3. The molecule has 0 saturated carbocycles. The Morgan fingerprint density at radius 2 is 1.90 bits per heavy atom. The third-order valence-electron chi connectivity index (χ3n) is 7.86. The molecule has 5 rings (SSSR count). The highest BCUT2D eigenvalue weighted by molar-refractivity contribution is 6.30. The molecule has 1 fully saturated rings. The van der Waals surface area contributed by atoms with Gasteiger partial charge in [-0.15, -0.1) is 10.2 Å². The normalized spacial score (nSPS) is 15.8.